The first-order chi connectivity index (χ1) is 17.1. The van der Waals surface area contributed by atoms with Crippen molar-refractivity contribution in [1.29, 1.82) is 0 Å². The summed E-state index contributed by atoms with van der Waals surface area (Å²) in [6.07, 6.45) is 5.88. The van der Waals surface area contributed by atoms with Crippen LogP contribution >= 0.6 is 11.6 Å². The minimum absolute atomic E-state index is 0.0326. The SMILES string of the molecule is C#C[C@]1(OC(C)=O)[C@H](n2cnc3cncnc32)O[C@](F)(COC(=O)c2cccc(Cl)c2)[C@H]1OC(C)=O. The quantitative estimate of drug-likeness (QED) is 0.273. The monoisotopic (exact) mass is 516 g/mol. The highest BCUT2D eigenvalue weighted by molar-refractivity contribution is 6.30. The molecule has 0 spiro atoms. The number of ether oxygens (including phenoxy) is 4. The van der Waals surface area contributed by atoms with E-state index in [4.69, 9.17) is 37.0 Å². The molecule has 1 aliphatic heterocycles. The molecule has 0 saturated carbocycles. The second-order valence-electron chi connectivity index (χ2n) is 7.75. The average Bonchev–Trinajstić information content (AvgIpc) is 3.35. The van der Waals surface area contributed by atoms with E-state index in [1.165, 1.54) is 47.7 Å². The Kier molecular flexibility index (Phi) is 6.62. The number of rotatable bonds is 6. The number of carbonyl (C=O) groups excluding carboxylic acids is 3. The van der Waals surface area contributed by atoms with Crippen LogP contribution in [0.4, 0.5) is 4.39 Å². The van der Waals surface area contributed by atoms with E-state index in [9.17, 15) is 14.4 Å². The summed E-state index contributed by atoms with van der Waals surface area (Å²) in [6, 6.07) is 5.77. The number of terminal acetylenes is 1. The number of nitrogens with zero attached hydrogens (tertiary/aromatic N) is 4. The Morgan fingerprint density at radius 1 is 1.28 bits per heavy atom. The number of alkyl halides is 1. The second kappa shape index (κ2) is 9.52. The van der Waals surface area contributed by atoms with Crippen molar-refractivity contribution in [1.82, 2.24) is 19.5 Å². The highest BCUT2D eigenvalue weighted by Gasteiger charge is 2.71. The number of esters is 3. The van der Waals surface area contributed by atoms with Crippen molar-refractivity contribution in [3.05, 3.63) is 53.7 Å². The van der Waals surface area contributed by atoms with E-state index in [-0.39, 0.29) is 16.2 Å². The topological polar surface area (TPSA) is 132 Å². The predicted molar refractivity (Wildman–Crippen MR) is 120 cm³/mol. The molecule has 2 aromatic heterocycles. The number of hydrogen-bond donors (Lipinski definition) is 0. The number of aromatic nitrogens is 4. The zero-order valence-corrected chi connectivity index (χ0v) is 19.6. The fraction of sp³-hybridized carbons (Fsp3) is 0.304. The largest absolute Gasteiger partial charge is 0.456 e. The number of carbonyl (C=O) groups is 3. The van der Waals surface area contributed by atoms with Gasteiger partial charge in [-0.3, -0.25) is 14.2 Å². The van der Waals surface area contributed by atoms with Crippen LogP contribution < -0.4 is 0 Å². The van der Waals surface area contributed by atoms with E-state index in [0.717, 1.165) is 13.8 Å². The van der Waals surface area contributed by atoms with Gasteiger partial charge in [-0.05, 0) is 24.1 Å². The molecule has 3 heterocycles. The summed E-state index contributed by atoms with van der Waals surface area (Å²) in [5.41, 5.74) is -1.86. The number of hydrogen-bond acceptors (Lipinski definition) is 10. The van der Waals surface area contributed by atoms with Crippen LogP contribution in [-0.4, -0.2) is 61.6 Å². The molecule has 4 atom stereocenters. The first-order valence-corrected chi connectivity index (χ1v) is 10.7. The van der Waals surface area contributed by atoms with Crippen LogP contribution in [0.2, 0.25) is 5.02 Å². The van der Waals surface area contributed by atoms with Crippen molar-refractivity contribution in [2.45, 2.75) is 37.6 Å². The molecule has 1 aromatic carbocycles. The Morgan fingerprint density at radius 3 is 2.72 bits per heavy atom. The van der Waals surface area contributed by atoms with Crippen LogP contribution in [0.5, 0.6) is 0 Å². The molecule has 0 bridgehead atoms. The molecule has 1 aliphatic rings. The van der Waals surface area contributed by atoms with Crippen molar-refractivity contribution in [2.24, 2.45) is 0 Å². The minimum atomic E-state index is -3.06. The van der Waals surface area contributed by atoms with Crippen LogP contribution in [0.1, 0.15) is 30.4 Å². The van der Waals surface area contributed by atoms with Crippen LogP contribution in [0, 0.1) is 12.3 Å². The first-order valence-electron chi connectivity index (χ1n) is 10.4. The van der Waals surface area contributed by atoms with Gasteiger partial charge in [-0.2, -0.15) is 0 Å². The van der Waals surface area contributed by atoms with Crippen LogP contribution in [0.25, 0.3) is 11.2 Å². The maximum absolute atomic E-state index is 16.5. The van der Waals surface area contributed by atoms with Crippen molar-refractivity contribution in [3.8, 4) is 12.3 Å². The summed E-state index contributed by atoms with van der Waals surface area (Å²) < 4.78 is 39.1. The fourth-order valence-corrected chi connectivity index (χ4v) is 4.03. The van der Waals surface area contributed by atoms with E-state index in [2.05, 4.69) is 20.9 Å². The van der Waals surface area contributed by atoms with Gasteiger partial charge in [0.25, 0.3) is 11.5 Å². The molecule has 13 heteroatoms. The van der Waals surface area contributed by atoms with Crippen LogP contribution in [-0.2, 0) is 28.5 Å². The van der Waals surface area contributed by atoms with Crippen LogP contribution in [0.15, 0.2) is 43.1 Å². The lowest BCUT2D eigenvalue weighted by molar-refractivity contribution is -0.216. The van der Waals surface area contributed by atoms with Gasteiger partial charge in [0, 0.05) is 18.9 Å². The fourth-order valence-electron chi connectivity index (χ4n) is 3.84. The summed E-state index contributed by atoms with van der Waals surface area (Å²) in [7, 11) is 0. The van der Waals surface area contributed by atoms with Gasteiger partial charge in [0.1, 0.15) is 11.8 Å². The zero-order chi connectivity index (χ0) is 26.1. The molecule has 1 fully saturated rings. The lowest BCUT2D eigenvalue weighted by atomic mass is 9.92. The molecule has 0 aliphatic carbocycles. The van der Waals surface area contributed by atoms with Crippen molar-refractivity contribution >= 4 is 40.7 Å². The number of imidazole rings is 1. The summed E-state index contributed by atoms with van der Waals surface area (Å²) in [5.74, 6) is -3.67. The van der Waals surface area contributed by atoms with Crippen molar-refractivity contribution < 1.29 is 37.7 Å². The Hall–Kier alpha value is -4.08. The lowest BCUT2D eigenvalue weighted by Crippen LogP contribution is -2.54. The van der Waals surface area contributed by atoms with Crippen LogP contribution in [0.3, 0.4) is 0 Å². The van der Waals surface area contributed by atoms with Gasteiger partial charge < -0.3 is 18.9 Å². The predicted octanol–water partition coefficient (Wildman–Crippen LogP) is 2.40. The molecule has 3 aromatic rings. The summed E-state index contributed by atoms with van der Waals surface area (Å²) in [4.78, 5) is 48.7. The Bertz CT molecular complexity index is 1390. The van der Waals surface area contributed by atoms with E-state index < -0.39 is 48.3 Å². The summed E-state index contributed by atoms with van der Waals surface area (Å²) in [6.45, 7) is 0.951. The van der Waals surface area contributed by atoms with E-state index in [1.54, 1.807) is 0 Å². The average molecular weight is 517 g/mol. The molecule has 36 heavy (non-hydrogen) atoms. The number of benzene rings is 1. The normalized spacial score (nSPS) is 25.2. The third kappa shape index (κ3) is 4.46. The van der Waals surface area contributed by atoms with Crippen molar-refractivity contribution in [2.75, 3.05) is 6.61 Å². The molecule has 0 radical (unpaired) electrons. The maximum atomic E-state index is 16.5. The molecule has 11 nitrogen and oxygen atoms in total. The van der Waals surface area contributed by atoms with E-state index in [0.29, 0.717) is 5.52 Å². The molecule has 1 saturated heterocycles. The second-order valence-corrected chi connectivity index (χ2v) is 8.18. The Balaban J connectivity index is 1.78. The van der Waals surface area contributed by atoms with Gasteiger partial charge >= 0.3 is 17.9 Å². The van der Waals surface area contributed by atoms with Gasteiger partial charge in [-0.1, -0.05) is 17.7 Å². The van der Waals surface area contributed by atoms with Gasteiger partial charge in [0.15, 0.2) is 18.5 Å². The van der Waals surface area contributed by atoms with Gasteiger partial charge in [0.2, 0.25) is 6.10 Å². The van der Waals surface area contributed by atoms with Gasteiger partial charge in [0.05, 0.1) is 18.1 Å². The number of fused-ring (bicyclic) bond motifs is 1. The minimum Gasteiger partial charge on any atom is -0.456 e. The third-order valence-corrected chi connectivity index (χ3v) is 5.46. The molecule has 0 unspecified atom stereocenters. The molecule has 186 valence electrons. The molecular formula is C23H18ClFN4O7. The highest BCUT2D eigenvalue weighted by atomic mass is 35.5. The maximum Gasteiger partial charge on any atom is 0.338 e. The smallest absolute Gasteiger partial charge is 0.338 e. The molecule has 4 rings (SSSR count). The van der Waals surface area contributed by atoms with Crippen molar-refractivity contribution in [3.63, 3.8) is 0 Å². The molecule has 0 N–H and O–H groups in total. The Morgan fingerprint density at radius 2 is 2.06 bits per heavy atom. The van der Waals surface area contributed by atoms with Gasteiger partial charge in [-0.15, -0.1) is 6.42 Å². The summed E-state index contributed by atoms with van der Waals surface area (Å²) in [5, 5.41) is 0.254. The number of halogens is 2. The lowest BCUT2D eigenvalue weighted by Gasteiger charge is -2.33. The Labute approximate surface area is 208 Å². The zero-order valence-electron chi connectivity index (χ0n) is 18.9. The highest BCUT2D eigenvalue weighted by Crippen LogP contribution is 2.50. The van der Waals surface area contributed by atoms with Gasteiger partial charge in [-0.25, -0.2) is 24.1 Å². The standard InChI is InChI=1S/C23H18ClFN4O7/c1-4-22(35-14(3)31)20(34-13(2)30)23(25,10-33-19(32)15-6-5-7-16(24)8-15)36-21(22)29-12-28-17-9-26-11-27-18(17)29/h1,5-9,11-12,20-21H,10H2,2-3H3/t20-,21+,22+,23+/m0/s1. The molecule has 0 amide bonds. The summed E-state index contributed by atoms with van der Waals surface area (Å²) >= 11 is 5.90. The van der Waals surface area contributed by atoms with E-state index in [1.807, 2.05) is 0 Å². The third-order valence-electron chi connectivity index (χ3n) is 5.23. The molecular weight excluding hydrogens is 499 g/mol. The van der Waals surface area contributed by atoms with E-state index >= 15 is 4.39 Å². The first kappa shape index (κ1) is 25.0.